The molecule has 3 aliphatic rings. The Kier molecular flexibility index (Phi) is 8.81. The molecule has 0 N–H and O–H groups in total. The fourth-order valence-electron chi connectivity index (χ4n) is 9.51. The van der Waals surface area contributed by atoms with Gasteiger partial charge in [0.05, 0.1) is 17.6 Å². The van der Waals surface area contributed by atoms with Crippen LogP contribution in [0.2, 0.25) is 0 Å². The Balaban J connectivity index is 0.00000436. The average Bonchev–Trinajstić information content (AvgIpc) is 3.84. The summed E-state index contributed by atoms with van der Waals surface area (Å²) in [6.07, 6.45) is 1.93. The van der Waals surface area contributed by atoms with Gasteiger partial charge in [-0.15, -0.1) is 34.4 Å². The third-order valence-corrected chi connectivity index (χ3v) is 12.8. The molecule has 0 radical (unpaired) electrons. The van der Waals surface area contributed by atoms with Crippen LogP contribution in [-0.2, 0) is 43.9 Å². The molecule has 0 saturated carbocycles. The van der Waals surface area contributed by atoms with E-state index < -0.39 is 0 Å². The number of rotatable bonds is 4. The average molecular weight is 942 g/mol. The van der Waals surface area contributed by atoms with E-state index in [9.17, 15) is 0 Å². The van der Waals surface area contributed by atoms with E-state index in [0.717, 1.165) is 34.8 Å². The first-order chi connectivity index (χ1) is 27.1. The molecule has 5 nitrogen and oxygen atoms in total. The normalized spacial score (nSPS) is 17.8. The molecule has 5 heterocycles. The van der Waals surface area contributed by atoms with Crippen LogP contribution in [0.1, 0.15) is 123 Å². The Morgan fingerprint density at radius 3 is 2.22 bits per heavy atom. The molecule has 0 bridgehead atoms. The standard InChI is InChI=1S/C52H50N4O.Pt/c1-30-20-21-53-49-44(30)39-26-36(51(6,7)8)27-41-46(39)56(49)42-28-43(31(2)22-40(42)52(41,9)10)57-37-24-34(23-35(25-37)50(3,4)5)48-54-45(32-16-12-11-13-17-32)47-38-19-15-14-18-33(38)29-55(47)48;/h11-23,25-27,45,47H,29H2,1-10H3;/q-2;+2/t45-,47+;/m1./s1. The minimum absolute atomic E-state index is 0. The predicted octanol–water partition coefficient (Wildman–Crippen LogP) is 12.5. The molecule has 0 fully saturated rings. The number of benzene rings is 5. The van der Waals surface area contributed by atoms with Crippen LogP contribution < -0.4 is 4.74 Å². The maximum atomic E-state index is 7.01. The number of fused-ring (bicyclic) bond motifs is 8. The molecular formula is C52H50N4OPt. The number of pyridine rings is 1. The maximum Gasteiger partial charge on any atom is 2.00 e. The quantitative estimate of drug-likeness (QED) is 0.165. The maximum absolute atomic E-state index is 7.01. The summed E-state index contributed by atoms with van der Waals surface area (Å²) in [5, 5.41) is 2.45. The zero-order valence-electron chi connectivity index (χ0n) is 35.1. The zero-order chi connectivity index (χ0) is 39.8. The van der Waals surface area contributed by atoms with Crippen molar-refractivity contribution in [1.82, 2.24) is 14.5 Å². The van der Waals surface area contributed by atoms with Gasteiger partial charge in [-0.3, -0.25) is 0 Å². The predicted molar refractivity (Wildman–Crippen MR) is 232 cm³/mol. The first-order valence-corrected chi connectivity index (χ1v) is 20.4. The second-order valence-electron chi connectivity index (χ2n) is 19.1. The number of amidine groups is 1. The third kappa shape index (κ3) is 5.82. The Bertz CT molecular complexity index is 2830. The van der Waals surface area contributed by atoms with Gasteiger partial charge in [-0.25, -0.2) is 4.98 Å². The van der Waals surface area contributed by atoms with Gasteiger partial charge in [0.1, 0.15) is 5.65 Å². The fourth-order valence-corrected chi connectivity index (χ4v) is 9.51. The molecule has 0 saturated heterocycles. The van der Waals surface area contributed by atoms with Gasteiger partial charge in [0, 0.05) is 40.8 Å². The number of aryl methyl sites for hydroxylation is 2. The first kappa shape index (κ1) is 38.5. The molecule has 0 aliphatic carbocycles. The minimum Gasteiger partial charge on any atom is -0.503 e. The van der Waals surface area contributed by atoms with E-state index in [4.69, 9.17) is 14.7 Å². The van der Waals surface area contributed by atoms with Crippen molar-refractivity contribution < 1.29 is 25.8 Å². The molecule has 294 valence electrons. The van der Waals surface area contributed by atoms with E-state index in [0.29, 0.717) is 11.5 Å². The fraction of sp³-hybridized carbons (Fsp3) is 0.308. The molecule has 5 aromatic carbocycles. The second-order valence-corrected chi connectivity index (χ2v) is 19.1. The number of hydrogen-bond acceptors (Lipinski definition) is 4. The zero-order valence-corrected chi connectivity index (χ0v) is 37.4. The van der Waals surface area contributed by atoms with Crippen molar-refractivity contribution in [2.75, 3.05) is 0 Å². The number of nitrogens with zero attached hydrogens (tertiary/aromatic N) is 4. The largest absolute Gasteiger partial charge is 2.00 e. The number of ether oxygens (including phenoxy) is 1. The van der Waals surface area contributed by atoms with E-state index in [1.807, 2.05) is 6.20 Å². The van der Waals surface area contributed by atoms with Crippen LogP contribution in [0.3, 0.4) is 0 Å². The third-order valence-electron chi connectivity index (χ3n) is 12.8. The van der Waals surface area contributed by atoms with Crippen molar-refractivity contribution in [1.29, 1.82) is 0 Å². The summed E-state index contributed by atoms with van der Waals surface area (Å²) in [6.45, 7) is 23.5. The summed E-state index contributed by atoms with van der Waals surface area (Å²) < 4.78 is 9.35. The van der Waals surface area contributed by atoms with Crippen LogP contribution >= 0.6 is 0 Å². The van der Waals surface area contributed by atoms with Crippen molar-refractivity contribution in [2.45, 2.75) is 104 Å². The van der Waals surface area contributed by atoms with Gasteiger partial charge in [0.25, 0.3) is 0 Å². The Morgan fingerprint density at radius 2 is 1.48 bits per heavy atom. The number of aliphatic imine (C=N–C) groups is 1. The molecule has 0 unspecified atom stereocenters. The van der Waals surface area contributed by atoms with Gasteiger partial charge < -0.3 is 19.2 Å². The number of hydrogen-bond donors (Lipinski definition) is 0. The smallest absolute Gasteiger partial charge is 0.503 e. The van der Waals surface area contributed by atoms with Crippen LogP contribution in [0, 0.1) is 26.0 Å². The Labute approximate surface area is 357 Å². The summed E-state index contributed by atoms with van der Waals surface area (Å²) in [5.74, 6) is 2.32. The molecule has 7 aromatic rings. The molecule has 0 spiro atoms. The van der Waals surface area contributed by atoms with Crippen LogP contribution in [0.25, 0.3) is 27.6 Å². The van der Waals surface area contributed by atoms with Gasteiger partial charge in [0.2, 0.25) is 0 Å². The van der Waals surface area contributed by atoms with Crippen LogP contribution in [0.4, 0.5) is 0 Å². The molecule has 2 aromatic heterocycles. The second kappa shape index (κ2) is 13.3. The SMILES string of the molecule is Cc1cc2c([c-]c1Oc1[c-]c(C3=N[C@H](c4ccccc4)[C@@H]4c5ccccc5CN34)cc(C(C)(C)C)c1)-n1c3nccc(C)c3c3cc(C(C)(C)C)cc(c31)C2(C)C.[Pt+2]. The van der Waals surface area contributed by atoms with Crippen molar-refractivity contribution in [3.8, 4) is 17.2 Å². The van der Waals surface area contributed by atoms with Crippen molar-refractivity contribution in [3.05, 3.63) is 165 Å². The summed E-state index contributed by atoms with van der Waals surface area (Å²) in [4.78, 5) is 13.0. The molecule has 3 aliphatic heterocycles. The Hall–Kier alpha value is -4.99. The van der Waals surface area contributed by atoms with Crippen molar-refractivity contribution in [2.24, 2.45) is 4.99 Å². The molecule has 0 amide bonds. The first-order valence-electron chi connectivity index (χ1n) is 20.4. The van der Waals surface area contributed by atoms with Crippen molar-refractivity contribution in [3.63, 3.8) is 0 Å². The Morgan fingerprint density at radius 1 is 0.776 bits per heavy atom. The van der Waals surface area contributed by atoms with E-state index in [1.54, 1.807) is 0 Å². The summed E-state index contributed by atoms with van der Waals surface area (Å²) in [6, 6.07) is 40.9. The minimum atomic E-state index is -0.280. The van der Waals surface area contributed by atoms with E-state index in [-0.39, 0.29) is 49.4 Å². The van der Waals surface area contributed by atoms with E-state index in [2.05, 4.69) is 182 Å². The molecule has 6 heteroatoms. The van der Waals surface area contributed by atoms with Gasteiger partial charge in [-0.2, -0.15) is 6.07 Å². The molecule has 58 heavy (non-hydrogen) atoms. The monoisotopic (exact) mass is 941 g/mol. The topological polar surface area (TPSA) is 42.6 Å². The van der Waals surface area contributed by atoms with Gasteiger partial charge in [-0.05, 0) is 68.7 Å². The molecular weight excluding hydrogens is 892 g/mol. The van der Waals surface area contributed by atoms with Gasteiger partial charge in [-0.1, -0.05) is 141 Å². The van der Waals surface area contributed by atoms with Crippen molar-refractivity contribution >= 4 is 27.8 Å². The van der Waals surface area contributed by atoms with Crippen LogP contribution in [-0.4, -0.2) is 20.3 Å². The van der Waals surface area contributed by atoms with E-state index in [1.165, 1.54) is 60.8 Å². The van der Waals surface area contributed by atoms with Crippen LogP contribution in [0.15, 0.2) is 102 Å². The summed E-state index contributed by atoms with van der Waals surface area (Å²) >= 11 is 0. The summed E-state index contributed by atoms with van der Waals surface area (Å²) in [5.41, 5.74) is 14.9. The van der Waals surface area contributed by atoms with E-state index >= 15 is 0 Å². The molecule has 2 atom stereocenters. The van der Waals surface area contributed by atoms with Gasteiger partial charge in [0.15, 0.2) is 0 Å². The van der Waals surface area contributed by atoms with Gasteiger partial charge >= 0.3 is 21.1 Å². The van der Waals surface area contributed by atoms with Crippen LogP contribution in [0.5, 0.6) is 11.5 Å². The molecule has 10 rings (SSSR count). The summed E-state index contributed by atoms with van der Waals surface area (Å²) in [7, 11) is 0. The number of aromatic nitrogens is 2.